The summed E-state index contributed by atoms with van der Waals surface area (Å²) in [6.07, 6.45) is -43.5. The topological polar surface area (TPSA) is 111 Å². The first kappa shape index (κ1) is 120. The Morgan fingerprint density at radius 1 is 0.300 bits per heavy atom. The van der Waals surface area contributed by atoms with Gasteiger partial charge in [0, 0.05) is 65.0 Å². The number of hydrogen-bond acceptors (Lipinski definition) is 9. The zero-order valence-electron chi connectivity index (χ0n) is 69.8. The van der Waals surface area contributed by atoms with Crippen LogP contribution >= 0.6 is 0 Å². The fourth-order valence-electron chi connectivity index (χ4n) is 14.0. The molecule has 0 heterocycles. The molecule has 10 nitrogen and oxygen atoms in total. The van der Waals surface area contributed by atoms with Crippen molar-refractivity contribution in [2.45, 2.75) is 238 Å². The van der Waals surface area contributed by atoms with Crippen molar-refractivity contribution < 1.29 is 266 Å². The lowest BCUT2D eigenvalue weighted by Crippen LogP contribution is -2.74. The van der Waals surface area contributed by atoms with Crippen LogP contribution in [0.5, 0.6) is 17.2 Å². The molecule has 0 aliphatic heterocycles. The summed E-state index contributed by atoms with van der Waals surface area (Å²) in [5, 5.41) is 2.84. The van der Waals surface area contributed by atoms with Gasteiger partial charge in [0.2, 0.25) is 11.7 Å². The average molecular weight is 2160 g/mol. The van der Waals surface area contributed by atoms with Gasteiger partial charge in [-0.15, -0.1) is 0 Å². The van der Waals surface area contributed by atoms with Crippen LogP contribution < -0.4 is 19.5 Å². The Morgan fingerprint density at radius 2 is 0.543 bits per heavy atom. The SMILES string of the molecule is CO[Si](CCCNC(=O)C1c2ccccc2C(c2ccccc2C)C(C(=O)OCc2cc(OCCCC(F)(F)C(F)(F)C(F)(F)C(F)(F)C(F)(F)C(F)(F)C(F)(F)C(F)(F)F)c(OCCCC(F)(F)C(F)(F)C(F)(F)C(F)(F)C(F)(F)C(F)(F)C(F)(F)C(F)(F)F)c(OCCCC(F)(F)C(F)(F)C(F)(F)C(F)(F)C(F)(F)C(F)(F)C(F)(F)C(F)(F)F)c2)c2ccccc2C1c1ccccc1C)(OC)OC. The van der Waals surface area contributed by atoms with Crippen LogP contribution in [-0.2, 0) is 34.2 Å². The average Bonchev–Trinajstić information content (AvgIpc) is 0.698. The number of carbonyl (C=O) groups is 2. The standard InChI is InChI=1S/C78H64F51NO9Si/c1-37-18-6-8-20-40(37)48-43-23-11-13-25-45(43)51(49(41-21-9-7-19-38(41)2)42-22-10-12-24-44(42)50(48)53(131)130-29-17-33-140(133-3,134-4)135-5)54(132)139-36-39-34-46(136-30-14-26-55(79,80)58(85,86)61(91,92)64(97,98)67(103,104)70(109,110)73(115,116)76(121,122)123)52(138-32-16-28-57(83,84)60(89,90)63(95,96)66(101,102)69(107,108)72(113,114)75(119,120)78(127,128)129)47(35-39)137-31-15-27-56(81,82)59(87,88)62(93,94)65(99,100)68(105,106)71(111,112)74(117,118)77(124,125)126/h6-13,18-25,34-35,48-51H,14-17,26-33,36H2,1-5H3,(H,130,131). The molecule has 1 N–H and O–H groups in total. The summed E-state index contributed by atoms with van der Waals surface area (Å²) in [6, 6.07) is 22.0. The van der Waals surface area contributed by atoms with Gasteiger partial charge in [0.1, 0.15) is 6.61 Å². The van der Waals surface area contributed by atoms with Crippen LogP contribution in [-0.4, -0.2) is 211 Å². The molecule has 796 valence electrons. The Balaban J connectivity index is 1.62. The molecule has 62 heteroatoms. The summed E-state index contributed by atoms with van der Waals surface area (Å²) in [7, 11) is 0.364. The van der Waals surface area contributed by atoms with Gasteiger partial charge >= 0.3 is 158 Å². The number of esters is 1. The summed E-state index contributed by atoms with van der Waals surface area (Å²) in [5.74, 6) is -200. The lowest BCUT2D eigenvalue weighted by molar-refractivity contribution is -0.461. The predicted molar refractivity (Wildman–Crippen MR) is 376 cm³/mol. The number of aryl methyl sites for hydroxylation is 2. The molecule has 1 aliphatic carbocycles. The van der Waals surface area contributed by atoms with Crippen LogP contribution in [0.15, 0.2) is 109 Å². The fourth-order valence-corrected chi connectivity index (χ4v) is 15.7. The molecule has 6 rings (SSSR count). The minimum Gasteiger partial charge on any atom is -0.490 e. The van der Waals surface area contributed by atoms with Gasteiger partial charge in [0.05, 0.1) is 31.7 Å². The van der Waals surface area contributed by atoms with Crippen molar-refractivity contribution in [2.24, 2.45) is 0 Å². The van der Waals surface area contributed by atoms with E-state index in [9.17, 15) is 154 Å². The number of halogens is 51. The Labute approximate surface area is 752 Å². The van der Waals surface area contributed by atoms with E-state index in [1.165, 1.54) is 132 Å². The van der Waals surface area contributed by atoms with Crippen molar-refractivity contribution in [1.82, 2.24) is 5.32 Å². The maximum absolute atomic E-state index is 15.9. The predicted octanol–water partition coefficient (Wildman–Crippen LogP) is 27.1. The highest BCUT2D eigenvalue weighted by atomic mass is 28.4. The van der Waals surface area contributed by atoms with E-state index in [-0.39, 0.29) is 70.1 Å². The number of nitrogens with one attached hydrogen (secondary N) is 1. The highest BCUT2D eigenvalue weighted by Gasteiger charge is 2.99. The molecule has 0 saturated carbocycles. The number of amides is 1. The molecular weight excluding hydrogens is 2090 g/mol. The van der Waals surface area contributed by atoms with E-state index in [4.69, 9.17) is 32.2 Å². The van der Waals surface area contributed by atoms with Crippen LogP contribution in [0.1, 0.15) is 119 Å². The Bertz CT molecular complexity index is 4970. The number of ether oxygens (including phenoxy) is 4. The molecule has 4 unspecified atom stereocenters. The van der Waals surface area contributed by atoms with E-state index in [0.29, 0.717) is 5.56 Å². The van der Waals surface area contributed by atoms with Gasteiger partial charge in [-0.3, -0.25) is 9.59 Å². The van der Waals surface area contributed by atoms with Gasteiger partial charge in [-0.2, -0.15) is 224 Å². The number of alkyl halides is 51. The zero-order valence-corrected chi connectivity index (χ0v) is 70.8. The third kappa shape index (κ3) is 19.9. The number of rotatable bonds is 46. The summed E-state index contributed by atoms with van der Waals surface area (Å²) in [4.78, 5) is 31.3. The smallest absolute Gasteiger partial charge is 0.490 e. The second kappa shape index (κ2) is 39.5. The fraction of sp³-hybridized carbons (Fsp3) is 0.590. The van der Waals surface area contributed by atoms with Gasteiger partial charge in [-0.1, -0.05) is 97.1 Å². The number of benzene rings is 5. The lowest BCUT2D eigenvalue weighted by atomic mass is 9.64. The molecule has 1 aliphatic rings. The van der Waals surface area contributed by atoms with Gasteiger partial charge in [0.25, 0.3) is 0 Å². The molecule has 0 radical (unpaired) electrons. The summed E-state index contributed by atoms with van der Waals surface area (Å²) in [5.41, 5.74) is -0.468. The first-order valence-corrected chi connectivity index (χ1v) is 40.3. The molecule has 0 saturated heterocycles. The molecule has 5 aromatic carbocycles. The van der Waals surface area contributed by atoms with E-state index in [0.717, 1.165) is 0 Å². The Kier molecular flexibility index (Phi) is 33.8. The molecule has 0 spiro atoms. The third-order valence-corrected chi connectivity index (χ3v) is 24.8. The monoisotopic (exact) mass is 2160 g/mol. The van der Waals surface area contributed by atoms with Gasteiger partial charge in [-0.05, 0) is 102 Å². The van der Waals surface area contributed by atoms with Crippen molar-refractivity contribution in [3.63, 3.8) is 0 Å². The maximum Gasteiger partial charge on any atom is 0.500 e. The van der Waals surface area contributed by atoms with Crippen LogP contribution in [0.3, 0.4) is 0 Å². The van der Waals surface area contributed by atoms with Crippen LogP contribution in [0, 0.1) is 13.8 Å². The molecule has 4 atom stereocenters. The summed E-state index contributed by atoms with van der Waals surface area (Å²) >= 11 is 0. The molecule has 0 bridgehead atoms. The van der Waals surface area contributed by atoms with E-state index >= 15 is 79.8 Å². The summed E-state index contributed by atoms with van der Waals surface area (Å²) in [6.45, 7) is -6.46. The van der Waals surface area contributed by atoms with Gasteiger partial charge in [-0.25, -0.2) is 0 Å². The van der Waals surface area contributed by atoms with Crippen LogP contribution in [0.25, 0.3) is 0 Å². The van der Waals surface area contributed by atoms with E-state index in [1.54, 1.807) is 0 Å². The van der Waals surface area contributed by atoms with Crippen LogP contribution in [0.2, 0.25) is 6.04 Å². The van der Waals surface area contributed by atoms with E-state index in [2.05, 4.69) is 5.32 Å². The minimum atomic E-state index is -9.31. The maximum atomic E-state index is 15.9. The van der Waals surface area contributed by atoms with Gasteiger partial charge in [0.15, 0.2) is 11.5 Å². The third-order valence-electron chi connectivity index (χ3n) is 22.0. The normalized spacial score (nSPS) is 17.4. The second-order valence-electron chi connectivity index (χ2n) is 30.9. The first-order chi connectivity index (χ1) is 62.8. The first-order valence-electron chi connectivity index (χ1n) is 38.4. The highest BCUT2D eigenvalue weighted by molar-refractivity contribution is 6.60. The quantitative estimate of drug-likeness (QED) is 0.0176. The van der Waals surface area contributed by atoms with Crippen molar-refractivity contribution in [3.05, 3.63) is 159 Å². The number of carbonyl (C=O) groups excluding carboxylic acids is 2. The van der Waals surface area contributed by atoms with E-state index < -0.39 is 275 Å². The highest BCUT2D eigenvalue weighted by Crippen LogP contribution is 2.70. The molecule has 5 aromatic rings. The van der Waals surface area contributed by atoms with Crippen molar-refractivity contribution in [1.29, 1.82) is 0 Å². The molecule has 140 heavy (non-hydrogen) atoms. The molecule has 1 amide bonds. The Hall–Kier alpha value is -9.03. The lowest BCUT2D eigenvalue weighted by Gasteiger charge is -2.42. The van der Waals surface area contributed by atoms with Gasteiger partial charge < -0.3 is 37.5 Å². The Morgan fingerprint density at radius 3 is 0.821 bits per heavy atom. The van der Waals surface area contributed by atoms with Crippen LogP contribution in [0.4, 0.5) is 224 Å². The largest absolute Gasteiger partial charge is 0.500 e. The summed E-state index contributed by atoms with van der Waals surface area (Å²) < 4.78 is 768. The molecule has 0 fully saturated rings. The molecular formula is C78H64F51NO9Si. The minimum absolute atomic E-state index is 0.00216. The molecule has 0 aromatic heterocycles. The number of fused-ring (bicyclic) bond motifs is 2. The van der Waals surface area contributed by atoms with Crippen molar-refractivity contribution >= 4 is 20.7 Å². The van der Waals surface area contributed by atoms with Crippen molar-refractivity contribution in [3.8, 4) is 17.2 Å². The zero-order chi connectivity index (χ0) is 108. The second-order valence-corrected chi connectivity index (χ2v) is 34.0. The van der Waals surface area contributed by atoms with Crippen molar-refractivity contribution in [2.75, 3.05) is 47.7 Å². The van der Waals surface area contributed by atoms with E-state index in [1.807, 2.05) is 0 Å². The number of hydrogen-bond donors (Lipinski definition) is 1.